The van der Waals surface area contributed by atoms with E-state index < -0.39 is 10.2 Å². The zero-order valence-corrected chi connectivity index (χ0v) is 32.0. The summed E-state index contributed by atoms with van der Waals surface area (Å²) in [7, 11) is -4.94. The summed E-state index contributed by atoms with van der Waals surface area (Å²) in [6.45, 7) is 10.3. The van der Waals surface area contributed by atoms with Gasteiger partial charge in [0.2, 0.25) is 0 Å². The zero-order valence-electron chi connectivity index (χ0n) is 30.2. The monoisotopic (exact) mass is 762 g/mol. The van der Waals surface area contributed by atoms with E-state index in [2.05, 4.69) is 24.5 Å². The average molecular weight is 763 g/mol. The van der Waals surface area contributed by atoms with E-state index in [1.165, 1.54) is 154 Å². The first kappa shape index (κ1) is 59.4. The van der Waals surface area contributed by atoms with Crippen LogP contribution >= 0.6 is 0 Å². The molecule has 0 saturated heterocycles. The summed E-state index contributed by atoms with van der Waals surface area (Å²) in [5.41, 5.74) is 10.8. The Bertz CT molecular complexity index is 459. The summed E-state index contributed by atoms with van der Waals surface area (Å²) < 4.78 is 34.0. The molecule has 16 heteroatoms. The van der Waals surface area contributed by atoms with E-state index >= 15 is 0 Å². The maximum absolute atomic E-state index is 8.49. The second kappa shape index (κ2) is 61.5. The molecule has 6 N–H and O–H groups in total. The van der Waals surface area contributed by atoms with Crippen LogP contribution in [0.3, 0.4) is 0 Å². The maximum Gasteiger partial charge on any atom is 3.00 e. The van der Waals surface area contributed by atoms with Gasteiger partial charge in [0.05, 0.1) is 0 Å². The Labute approximate surface area is 305 Å². The fraction of sp³-hybridized carbons (Fsp3) is 1.00. The van der Waals surface area contributed by atoms with Crippen molar-refractivity contribution in [3.05, 3.63) is 20.2 Å². The van der Waals surface area contributed by atoms with Crippen molar-refractivity contribution in [2.45, 2.75) is 168 Å². The van der Waals surface area contributed by atoms with Gasteiger partial charge >= 0.3 is 16.8 Å². The van der Waals surface area contributed by atoms with Crippen LogP contribution in [0.5, 0.6) is 0 Å². The van der Waals surface area contributed by atoms with Gasteiger partial charge in [-0.2, -0.15) is 0 Å². The van der Waals surface area contributed by atoms with E-state index in [9.17, 15) is 0 Å². The van der Waals surface area contributed by atoms with Crippen LogP contribution in [-0.2, 0) is 16.8 Å². The van der Waals surface area contributed by atoms with E-state index in [0.717, 1.165) is 49.9 Å². The number of hydrogen-bond donors (Lipinski definition) is 4. The van der Waals surface area contributed by atoms with Crippen LogP contribution in [0, 0.1) is 30.5 Å². The molecule has 0 aromatic rings. The predicted molar refractivity (Wildman–Crippen MR) is 184 cm³/mol. The van der Waals surface area contributed by atoms with Gasteiger partial charge in [-0.05, 0) is 25.9 Å². The first-order valence-electron chi connectivity index (χ1n) is 18.0. The van der Waals surface area contributed by atoms with Crippen LogP contribution in [0.25, 0.3) is 0 Å². The number of rotatable bonds is 30. The fourth-order valence-electron chi connectivity index (χ4n) is 4.64. The van der Waals surface area contributed by atoms with Gasteiger partial charge in [-0.3, -0.25) is 0 Å². The average Bonchev–Trinajstić information content (AvgIpc) is 3.02. The summed E-state index contributed by atoms with van der Waals surface area (Å²) >= 11 is 0. The fourth-order valence-corrected chi connectivity index (χ4v) is 4.64. The SMILES string of the molecule is CCCCCCCCCCCCCCNCCN.CCCCCCCCCCCCCCNCCN.O=N[O-].O=N[O-].[Co+3].[O-][Cl+3]([O-])([O-])[O-]. The molecule has 0 aliphatic heterocycles. The quantitative estimate of drug-likeness (QED) is 0.0455. The number of nitrogens with zero attached hydrogens (tertiary/aromatic N) is 2. The van der Waals surface area contributed by atoms with E-state index in [4.69, 9.17) is 50.3 Å². The van der Waals surface area contributed by atoms with Crippen molar-refractivity contribution >= 4 is 0 Å². The molecule has 0 rings (SSSR count). The third-order valence-electron chi connectivity index (χ3n) is 7.06. The van der Waals surface area contributed by atoms with Gasteiger partial charge < -0.3 is 42.3 Å². The van der Waals surface area contributed by atoms with E-state index in [0.29, 0.717) is 0 Å². The van der Waals surface area contributed by atoms with Gasteiger partial charge in [-0.25, -0.2) is 18.6 Å². The minimum absolute atomic E-state index is 0. The minimum Gasteiger partial charge on any atom is -0.444 e. The molecule has 0 aromatic heterocycles. The third-order valence-corrected chi connectivity index (χ3v) is 7.06. The predicted octanol–water partition coefficient (Wildman–Crippen LogP) is 4.21. The van der Waals surface area contributed by atoms with Crippen molar-refractivity contribution in [1.82, 2.24) is 10.6 Å². The van der Waals surface area contributed by atoms with Crippen LogP contribution in [0.2, 0.25) is 0 Å². The second-order valence-corrected chi connectivity index (χ2v) is 12.1. The Morgan fingerprint density at radius 1 is 0.438 bits per heavy atom. The van der Waals surface area contributed by atoms with Crippen molar-refractivity contribution < 1.29 is 45.7 Å². The van der Waals surface area contributed by atoms with Crippen LogP contribution < -0.4 is 40.7 Å². The number of unbranched alkanes of at least 4 members (excludes halogenated alkanes) is 22. The van der Waals surface area contributed by atoms with E-state index in [1.54, 1.807) is 0 Å². The van der Waals surface area contributed by atoms with Gasteiger partial charge in [-0.15, -0.1) is 20.9 Å². The molecule has 14 nitrogen and oxygen atoms in total. The Balaban J connectivity index is -0.000000138. The summed E-state index contributed by atoms with van der Waals surface area (Å²) in [6.07, 6.45) is 34.2. The van der Waals surface area contributed by atoms with Crippen LogP contribution in [0.15, 0.2) is 10.7 Å². The van der Waals surface area contributed by atoms with Crippen molar-refractivity contribution in [2.75, 3.05) is 39.3 Å². The number of nitrogens with two attached hydrogens (primary N) is 2. The Hall–Kier alpha value is -0.724. The molecule has 294 valence electrons. The minimum atomic E-state index is -4.94. The number of halogens is 1. The topological polar surface area (TPSA) is 273 Å². The normalized spacial score (nSPS) is 10.0. The van der Waals surface area contributed by atoms with Crippen LogP contribution in [0.4, 0.5) is 0 Å². The molecule has 0 radical (unpaired) electrons. The Morgan fingerprint density at radius 2 is 0.604 bits per heavy atom. The molecular formula is C32H72ClCoN6O8. The standard InChI is InChI=1S/2C16H36N2.ClHO4.Co.2HNO2/c2*1-2-3-4-5-6-7-8-9-10-11-12-13-15-18-16-14-17;2-1(3,4)5;;2*2-1-3/h2*18H,2-17H2,1H3;(H,2,3,4,5);;2*(H,2,3)/q;;;+3;;/p-3. The molecule has 0 saturated carbocycles. The molecule has 0 bridgehead atoms. The Kier molecular flexibility index (Phi) is 76.1. The van der Waals surface area contributed by atoms with Gasteiger partial charge in [0.25, 0.3) is 0 Å². The number of hydrogen-bond acceptors (Lipinski definition) is 14. The molecule has 0 unspecified atom stereocenters. The molecule has 0 atom stereocenters. The van der Waals surface area contributed by atoms with Crippen LogP contribution in [0.1, 0.15) is 168 Å². The largest absolute Gasteiger partial charge is 3.00 e. The molecule has 0 heterocycles. The van der Waals surface area contributed by atoms with Crippen molar-refractivity contribution in [3.63, 3.8) is 0 Å². The number of nitrogens with one attached hydrogen (secondary N) is 2. The van der Waals surface area contributed by atoms with Gasteiger partial charge in [0.15, 0.2) is 0 Å². The van der Waals surface area contributed by atoms with Gasteiger partial charge in [0, 0.05) is 26.2 Å². The van der Waals surface area contributed by atoms with Crippen molar-refractivity contribution in [2.24, 2.45) is 22.1 Å². The van der Waals surface area contributed by atoms with Gasteiger partial charge in [-0.1, -0.05) is 155 Å². The molecular weight excluding hydrogens is 691 g/mol. The molecule has 0 spiro atoms. The first-order valence-corrected chi connectivity index (χ1v) is 19.2. The van der Waals surface area contributed by atoms with Crippen molar-refractivity contribution in [1.29, 1.82) is 0 Å². The van der Waals surface area contributed by atoms with E-state index in [1.807, 2.05) is 0 Å². The van der Waals surface area contributed by atoms with Crippen molar-refractivity contribution in [3.8, 4) is 0 Å². The third kappa shape index (κ3) is 104. The molecule has 0 fully saturated rings. The molecule has 0 aliphatic carbocycles. The summed E-state index contributed by atoms with van der Waals surface area (Å²) in [5.74, 6) is 0. The van der Waals surface area contributed by atoms with E-state index in [-0.39, 0.29) is 16.8 Å². The first-order chi connectivity index (χ1) is 22.7. The zero-order chi connectivity index (χ0) is 36.5. The van der Waals surface area contributed by atoms with Gasteiger partial charge in [0.1, 0.15) is 0 Å². The molecule has 0 aromatic carbocycles. The maximum atomic E-state index is 8.49. The molecule has 0 amide bonds. The summed E-state index contributed by atoms with van der Waals surface area (Å²) in [6, 6.07) is 0. The smallest absolute Gasteiger partial charge is 0.444 e. The summed E-state index contributed by atoms with van der Waals surface area (Å²) in [4.78, 5) is 16.0. The second-order valence-electron chi connectivity index (χ2n) is 11.4. The molecule has 0 aliphatic rings. The summed E-state index contributed by atoms with van der Waals surface area (Å²) in [5, 5.41) is 24.7. The van der Waals surface area contributed by atoms with Crippen LogP contribution in [-0.4, -0.2) is 39.3 Å². The molecule has 48 heavy (non-hydrogen) atoms. The Morgan fingerprint density at radius 3 is 0.771 bits per heavy atom.